The Morgan fingerprint density at radius 2 is 1.96 bits per heavy atom. The van der Waals surface area contributed by atoms with Gasteiger partial charge in [0.25, 0.3) is 0 Å². The molecule has 0 spiro atoms. The zero-order valence-electron chi connectivity index (χ0n) is 13.8. The van der Waals surface area contributed by atoms with Crippen molar-refractivity contribution in [1.29, 1.82) is 0 Å². The van der Waals surface area contributed by atoms with Gasteiger partial charge in [-0.2, -0.15) is 0 Å². The molecule has 1 atom stereocenters. The lowest BCUT2D eigenvalue weighted by atomic mass is 10.1. The molecule has 1 aromatic heterocycles. The largest absolute Gasteiger partial charge is 0.497 e. The summed E-state index contributed by atoms with van der Waals surface area (Å²) in [5.74, 6) is 0.582. The van der Waals surface area contributed by atoms with Gasteiger partial charge in [-0.3, -0.25) is 4.79 Å². The molecule has 0 bridgehead atoms. The van der Waals surface area contributed by atoms with Gasteiger partial charge in [0.1, 0.15) is 16.0 Å². The quantitative estimate of drug-likeness (QED) is 0.654. The summed E-state index contributed by atoms with van der Waals surface area (Å²) in [6, 6.07) is 17.0. The lowest BCUT2D eigenvalue weighted by Gasteiger charge is -2.16. The Labute approximate surface area is 154 Å². The molecule has 1 amide bonds. The molecule has 0 radical (unpaired) electrons. The molecule has 0 aliphatic carbocycles. The van der Waals surface area contributed by atoms with Crippen LogP contribution in [0, 0.1) is 6.92 Å². The fourth-order valence-electron chi connectivity index (χ4n) is 2.24. The minimum Gasteiger partial charge on any atom is -0.497 e. The molecule has 1 N–H and O–H groups in total. The number of thioether (sulfide) groups is 1. The van der Waals surface area contributed by atoms with Crippen LogP contribution in [0.3, 0.4) is 0 Å². The van der Waals surface area contributed by atoms with Crippen molar-refractivity contribution >= 4 is 34.7 Å². The van der Waals surface area contributed by atoms with Crippen LogP contribution in [0.15, 0.2) is 58.9 Å². The standard InChI is InChI=1S/C18H17N3O2S2/c1-12-20-21-18(24-12)25-16(13-7-4-3-5-8-13)17(22)19-14-9-6-10-15(11-14)23-2/h3-11,16H,1-2H3,(H,19,22)/t16-/m1/s1. The number of carbonyl (C=O) groups excluding carboxylic acids is 1. The number of anilines is 1. The van der Waals surface area contributed by atoms with Crippen LogP contribution < -0.4 is 10.1 Å². The molecule has 0 saturated carbocycles. The topological polar surface area (TPSA) is 64.1 Å². The van der Waals surface area contributed by atoms with Gasteiger partial charge in [0, 0.05) is 11.8 Å². The second kappa shape index (κ2) is 8.13. The first-order chi connectivity index (χ1) is 12.2. The number of nitrogens with zero attached hydrogens (tertiary/aromatic N) is 2. The normalized spacial score (nSPS) is 11.8. The van der Waals surface area contributed by atoms with Gasteiger partial charge >= 0.3 is 0 Å². The molecule has 128 valence electrons. The molecule has 3 aromatic rings. The predicted molar refractivity (Wildman–Crippen MR) is 101 cm³/mol. The highest BCUT2D eigenvalue weighted by molar-refractivity contribution is 8.01. The molecule has 3 rings (SSSR count). The fraction of sp³-hybridized carbons (Fsp3) is 0.167. The predicted octanol–water partition coefficient (Wildman–Crippen LogP) is 4.33. The van der Waals surface area contributed by atoms with Crippen molar-refractivity contribution in [3.8, 4) is 5.75 Å². The van der Waals surface area contributed by atoms with Crippen molar-refractivity contribution in [1.82, 2.24) is 10.2 Å². The van der Waals surface area contributed by atoms with Gasteiger partial charge in [-0.1, -0.05) is 59.5 Å². The van der Waals surface area contributed by atoms with Crippen LogP contribution in [0.5, 0.6) is 5.75 Å². The van der Waals surface area contributed by atoms with Crippen molar-refractivity contribution in [3.05, 3.63) is 65.2 Å². The van der Waals surface area contributed by atoms with Crippen LogP contribution in [0.2, 0.25) is 0 Å². The Balaban J connectivity index is 1.83. The summed E-state index contributed by atoms with van der Waals surface area (Å²) in [6.07, 6.45) is 0. The molecular weight excluding hydrogens is 354 g/mol. The van der Waals surface area contributed by atoms with E-state index in [4.69, 9.17) is 4.74 Å². The van der Waals surface area contributed by atoms with Crippen molar-refractivity contribution in [2.24, 2.45) is 0 Å². The second-order valence-electron chi connectivity index (χ2n) is 5.22. The molecule has 0 unspecified atom stereocenters. The monoisotopic (exact) mass is 371 g/mol. The first kappa shape index (κ1) is 17.4. The van der Waals surface area contributed by atoms with Gasteiger partial charge in [-0.25, -0.2) is 0 Å². The number of ether oxygens (including phenoxy) is 1. The maximum atomic E-state index is 12.9. The Bertz CT molecular complexity index is 852. The lowest BCUT2D eigenvalue weighted by Crippen LogP contribution is -2.19. The van der Waals surface area contributed by atoms with Crippen LogP contribution in [-0.2, 0) is 4.79 Å². The summed E-state index contributed by atoms with van der Waals surface area (Å²) >= 11 is 2.88. The Kier molecular flexibility index (Phi) is 5.67. The summed E-state index contributed by atoms with van der Waals surface area (Å²) in [7, 11) is 1.60. The molecule has 5 nitrogen and oxygen atoms in total. The molecule has 7 heteroatoms. The third-order valence-electron chi connectivity index (χ3n) is 3.40. The van der Waals surface area contributed by atoms with E-state index in [1.165, 1.54) is 23.1 Å². The van der Waals surface area contributed by atoms with E-state index < -0.39 is 5.25 Å². The molecule has 0 saturated heterocycles. The van der Waals surface area contributed by atoms with Crippen LogP contribution in [0.1, 0.15) is 15.8 Å². The molecule has 1 heterocycles. The van der Waals surface area contributed by atoms with E-state index >= 15 is 0 Å². The highest BCUT2D eigenvalue weighted by Gasteiger charge is 2.24. The highest BCUT2D eigenvalue weighted by atomic mass is 32.2. The van der Waals surface area contributed by atoms with Gasteiger partial charge in [0.15, 0.2) is 4.34 Å². The smallest absolute Gasteiger partial charge is 0.242 e. The van der Waals surface area contributed by atoms with Gasteiger partial charge < -0.3 is 10.1 Å². The van der Waals surface area contributed by atoms with Crippen LogP contribution in [0.25, 0.3) is 0 Å². The van der Waals surface area contributed by atoms with Crippen molar-refractivity contribution < 1.29 is 9.53 Å². The van der Waals surface area contributed by atoms with E-state index in [9.17, 15) is 4.79 Å². The van der Waals surface area contributed by atoms with Crippen LogP contribution in [-0.4, -0.2) is 23.2 Å². The number of hydrogen-bond acceptors (Lipinski definition) is 6. The van der Waals surface area contributed by atoms with E-state index in [-0.39, 0.29) is 5.91 Å². The van der Waals surface area contributed by atoms with Crippen molar-refractivity contribution in [2.75, 3.05) is 12.4 Å². The minimum absolute atomic E-state index is 0.114. The number of aryl methyl sites for hydroxylation is 1. The van der Waals surface area contributed by atoms with Gasteiger partial charge in [0.2, 0.25) is 5.91 Å². The highest BCUT2D eigenvalue weighted by Crippen LogP contribution is 2.37. The third-order valence-corrected chi connectivity index (χ3v) is 5.58. The minimum atomic E-state index is -0.417. The van der Waals surface area contributed by atoms with Gasteiger partial charge in [-0.05, 0) is 24.6 Å². The number of hydrogen-bond donors (Lipinski definition) is 1. The Hall–Kier alpha value is -2.38. The van der Waals surface area contributed by atoms with Crippen molar-refractivity contribution in [2.45, 2.75) is 16.5 Å². The number of rotatable bonds is 6. The van der Waals surface area contributed by atoms with Crippen molar-refractivity contribution in [3.63, 3.8) is 0 Å². The fourth-order valence-corrected chi connectivity index (χ4v) is 4.24. The molecular formula is C18H17N3O2S2. The zero-order valence-corrected chi connectivity index (χ0v) is 15.4. The zero-order chi connectivity index (χ0) is 17.6. The van der Waals surface area contributed by atoms with E-state index in [1.807, 2.05) is 55.5 Å². The van der Waals surface area contributed by atoms with Crippen LogP contribution >= 0.6 is 23.1 Å². The molecule has 0 fully saturated rings. The molecule has 0 aliphatic heterocycles. The van der Waals surface area contributed by atoms with Crippen LogP contribution in [0.4, 0.5) is 5.69 Å². The maximum absolute atomic E-state index is 12.9. The van der Waals surface area contributed by atoms with E-state index in [2.05, 4.69) is 15.5 Å². The Morgan fingerprint density at radius 1 is 1.16 bits per heavy atom. The number of nitrogens with one attached hydrogen (secondary N) is 1. The SMILES string of the molecule is COc1cccc(NC(=O)[C@H](Sc2nnc(C)s2)c2ccccc2)c1. The summed E-state index contributed by atoms with van der Waals surface area (Å²) in [5.41, 5.74) is 1.61. The molecule has 0 aliphatic rings. The second-order valence-corrected chi connectivity index (χ2v) is 7.75. The third kappa shape index (κ3) is 4.58. The number of carbonyl (C=O) groups is 1. The number of methoxy groups -OCH3 is 1. The summed E-state index contributed by atoms with van der Waals surface area (Å²) in [6.45, 7) is 1.90. The number of benzene rings is 2. The Morgan fingerprint density at radius 3 is 2.64 bits per heavy atom. The summed E-state index contributed by atoms with van der Waals surface area (Å²) in [4.78, 5) is 12.9. The average molecular weight is 371 g/mol. The molecule has 2 aromatic carbocycles. The average Bonchev–Trinajstić information content (AvgIpc) is 3.05. The number of amides is 1. The lowest BCUT2D eigenvalue weighted by molar-refractivity contribution is -0.115. The van der Waals surface area contributed by atoms with Gasteiger partial charge in [-0.15, -0.1) is 10.2 Å². The van der Waals surface area contributed by atoms with E-state index in [0.29, 0.717) is 11.4 Å². The summed E-state index contributed by atoms with van der Waals surface area (Å²) in [5, 5.41) is 11.6. The maximum Gasteiger partial charge on any atom is 0.242 e. The first-order valence-corrected chi connectivity index (χ1v) is 9.32. The first-order valence-electron chi connectivity index (χ1n) is 7.62. The van der Waals surface area contributed by atoms with Gasteiger partial charge in [0.05, 0.1) is 7.11 Å². The molecule has 25 heavy (non-hydrogen) atoms. The number of aromatic nitrogens is 2. The summed E-state index contributed by atoms with van der Waals surface area (Å²) < 4.78 is 5.98. The van der Waals surface area contributed by atoms with E-state index in [1.54, 1.807) is 13.2 Å². The van der Waals surface area contributed by atoms with E-state index in [0.717, 1.165) is 14.9 Å².